The summed E-state index contributed by atoms with van der Waals surface area (Å²) in [6.07, 6.45) is 2.08. The molecule has 1 saturated heterocycles. The molecule has 4 heteroatoms. The fraction of sp³-hybridized carbons (Fsp3) is 0.600. The van der Waals surface area contributed by atoms with Crippen molar-refractivity contribution in [2.75, 3.05) is 26.8 Å². The van der Waals surface area contributed by atoms with Crippen LogP contribution in [0.15, 0.2) is 18.2 Å². The zero-order valence-corrected chi connectivity index (χ0v) is 11.7. The van der Waals surface area contributed by atoms with Crippen LogP contribution in [0.5, 0.6) is 0 Å². The Balaban J connectivity index is 2.22. The smallest absolute Gasteiger partial charge is 0.126 e. The maximum Gasteiger partial charge on any atom is 0.126 e. The lowest BCUT2D eigenvalue weighted by molar-refractivity contribution is 0.0846. The first-order chi connectivity index (χ1) is 9.13. The Hall–Kier alpha value is -0.970. The second-order valence-corrected chi connectivity index (χ2v) is 5.29. The molecule has 1 heterocycles. The highest BCUT2D eigenvalue weighted by Gasteiger charge is 2.30. The molecule has 2 atom stereocenters. The molecule has 0 amide bonds. The minimum Gasteiger partial charge on any atom is -0.383 e. The predicted molar refractivity (Wildman–Crippen MR) is 74.5 cm³/mol. The third-order valence-electron chi connectivity index (χ3n) is 3.90. The number of aryl methyl sites for hydroxylation is 1. The van der Waals surface area contributed by atoms with E-state index in [4.69, 9.17) is 10.5 Å². The van der Waals surface area contributed by atoms with E-state index in [-0.39, 0.29) is 17.9 Å². The molecule has 0 radical (unpaired) electrons. The van der Waals surface area contributed by atoms with Crippen LogP contribution in [0.4, 0.5) is 4.39 Å². The summed E-state index contributed by atoms with van der Waals surface area (Å²) in [6.45, 7) is 4.29. The summed E-state index contributed by atoms with van der Waals surface area (Å²) in [4.78, 5) is 2.31. The molecule has 0 aromatic heterocycles. The molecule has 0 saturated carbocycles. The van der Waals surface area contributed by atoms with Crippen LogP contribution in [0.1, 0.15) is 30.0 Å². The third-order valence-corrected chi connectivity index (χ3v) is 3.90. The zero-order chi connectivity index (χ0) is 13.8. The van der Waals surface area contributed by atoms with E-state index >= 15 is 0 Å². The van der Waals surface area contributed by atoms with Crippen LogP contribution >= 0.6 is 0 Å². The van der Waals surface area contributed by atoms with Crippen LogP contribution in [-0.4, -0.2) is 37.7 Å². The Labute approximate surface area is 114 Å². The summed E-state index contributed by atoms with van der Waals surface area (Å²) >= 11 is 0. The van der Waals surface area contributed by atoms with E-state index in [0.717, 1.165) is 31.5 Å². The first-order valence-electron chi connectivity index (χ1n) is 6.88. The van der Waals surface area contributed by atoms with Gasteiger partial charge in [0.05, 0.1) is 12.6 Å². The standard InChI is InChI=1S/C15H23FN2O/c1-11-5-6-12(10-13(11)16)15-14(17)4-3-7-18(15)8-9-19-2/h5-6,10,14-15H,3-4,7-9,17H2,1-2H3. The van der Waals surface area contributed by atoms with Crippen molar-refractivity contribution in [3.63, 3.8) is 0 Å². The number of nitrogens with zero attached hydrogens (tertiary/aromatic N) is 1. The van der Waals surface area contributed by atoms with Crippen LogP contribution < -0.4 is 5.73 Å². The van der Waals surface area contributed by atoms with Crippen LogP contribution in [-0.2, 0) is 4.74 Å². The third kappa shape index (κ3) is 3.32. The molecule has 1 aromatic carbocycles. The van der Waals surface area contributed by atoms with E-state index in [0.29, 0.717) is 12.2 Å². The number of benzene rings is 1. The SMILES string of the molecule is COCCN1CCCC(N)C1c1ccc(C)c(F)c1. The number of likely N-dealkylation sites (tertiary alicyclic amines) is 1. The zero-order valence-electron chi connectivity index (χ0n) is 11.7. The summed E-state index contributed by atoms with van der Waals surface area (Å²) < 4.78 is 18.9. The number of nitrogens with two attached hydrogens (primary N) is 1. The summed E-state index contributed by atoms with van der Waals surface area (Å²) in [5, 5.41) is 0. The van der Waals surface area contributed by atoms with Crippen LogP contribution in [0.2, 0.25) is 0 Å². The van der Waals surface area contributed by atoms with E-state index in [2.05, 4.69) is 4.90 Å². The van der Waals surface area contributed by atoms with Gasteiger partial charge < -0.3 is 10.5 Å². The molecule has 106 valence electrons. The van der Waals surface area contributed by atoms with Gasteiger partial charge in [0, 0.05) is 19.7 Å². The van der Waals surface area contributed by atoms with Crippen molar-refractivity contribution in [3.05, 3.63) is 35.1 Å². The Morgan fingerprint density at radius 1 is 1.47 bits per heavy atom. The molecule has 0 spiro atoms. The van der Waals surface area contributed by atoms with Crippen LogP contribution in [0, 0.1) is 12.7 Å². The summed E-state index contributed by atoms with van der Waals surface area (Å²) in [5.74, 6) is -0.151. The second kappa shape index (κ2) is 6.46. The van der Waals surface area contributed by atoms with Gasteiger partial charge in [-0.05, 0) is 43.5 Å². The van der Waals surface area contributed by atoms with E-state index in [1.807, 2.05) is 12.1 Å². The van der Waals surface area contributed by atoms with Crippen molar-refractivity contribution >= 4 is 0 Å². The number of piperidine rings is 1. The van der Waals surface area contributed by atoms with Gasteiger partial charge in [0.2, 0.25) is 0 Å². The molecule has 0 aliphatic carbocycles. The lowest BCUT2D eigenvalue weighted by Gasteiger charge is -2.40. The van der Waals surface area contributed by atoms with Gasteiger partial charge in [-0.15, -0.1) is 0 Å². The van der Waals surface area contributed by atoms with Crippen LogP contribution in [0.25, 0.3) is 0 Å². The fourth-order valence-corrected chi connectivity index (χ4v) is 2.81. The molecule has 1 aliphatic heterocycles. The highest BCUT2D eigenvalue weighted by molar-refractivity contribution is 5.27. The lowest BCUT2D eigenvalue weighted by Crippen LogP contribution is -2.46. The highest BCUT2D eigenvalue weighted by atomic mass is 19.1. The minimum atomic E-state index is -0.151. The second-order valence-electron chi connectivity index (χ2n) is 5.29. The number of hydrogen-bond acceptors (Lipinski definition) is 3. The lowest BCUT2D eigenvalue weighted by atomic mass is 9.90. The number of ether oxygens (including phenoxy) is 1. The summed E-state index contributed by atoms with van der Waals surface area (Å²) in [7, 11) is 1.70. The molecular formula is C15H23FN2O. The molecule has 2 N–H and O–H groups in total. The van der Waals surface area contributed by atoms with Crippen molar-refractivity contribution in [3.8, 4) is 0 Å². The molecule has 2 rings (SSSR count). The van der Waals surface area contributed by atoms with E-state index < -0.39 is 0 Å². The van der Waals surface area contributed by atoms with Crippen molar-refractivity contribution in [2.45, 2.75) is 31.8 Å². The molecule has 1 aliphatic rings. The van der Waals surface area contributed by atoms with E-state index in [1.54, 1.807) is 20.1 Å². The average molecular weight is 266 g/mol. The maximum absolute atomic E-state index is 13.8. The summed E-state index contributed by atoms with van der Waals surface area (Å²) in [5.41, 5.74) is 7.91. The number of rotatable bonds is 4. The van der Waals surface area contributed by atoms with Gasteiger partial charge in [-0.2, -0.15) is 0 Å². The van der Waals surface area contributed by atoms with Crippen molar-refractivity contribution < 1.29 is 9.13 Å². The first kappa shape index (κ1) is 14.4. The van der Waals surface area contributed by atoms with Crippen molar-refractivity contribution in [1.82, 2.24) is 4.90 Å². The molecular weight excluding hydrogens is 243 g/mol. The molecule has 19 heavy (non-hydrogen) atoms. The van der Waals surface area contributed by atoms with Gasteiger partial charge in [-0.3, -0.25) is 4.90 Å². The number of hydrogen-bond donors (Lipinski definition) is 1. The normalized spacial score (nSPS) is 24.6. The van der Waals surface area contributed by atoms with E-state index in [9.17, 15) is 4.39 Å². The molecule has 0 bridgehead atoms. The Morgan fingerprint density at radius 3 is 2.95 bits per heavy atom. The Bertz CT molecular complexity index is 425. The Morgan fingerprint density at radius 2 is 2.26 bits per heavy atom. The van der Waals surface area contributed by atoms with Gasteiger partial charge >= 0.3 is 0 Å². The largest absolute Gasteiger partial charge is 0.383 e. The Kier molecular flexibility index (Phi) is 4.91. The quantitative estimate of drug-likeness (QED) is 0.908. The van der Waals surface area contributed by atoms with Gasteiger partial charge in [0.15, 0.2) is 0 Å². The average Bonchev–Trinajstić information content (AvgIpc) is 2.40. The first-order valence-corrected chi connectivity index (χ1v) is 6.88. The molecule has 1 aromatic rings. The van der Waals surface area contributed by atoms with Crippen molar-refractivity contribution in [2.24, 2.45) is 5.73 Å². The predicted octanol–water partition coefficient (Wildman–Crippen LogP) is 2.24. The van der Waals surface area contributed by atoms with Crippen LogP contribution in [0.3, 0.4) is 0 Å². The summed E-state index contributed by atoms with van der Waals surface area (Å²) in [6, 6.07) is 5.62. The monoisotopic (exact) mass is 266 g/mol. The minimum absolute atomic E-state index is 0.0627. The van der Waals surface area contributed by atoms with Gasteiger partial charge in [-0.1, -0.05) is 12.1 Å². The van der Waals surface area contributed by atoms with Gasteiger partial charge in [-0.25, -0.2) is 4.39 Å². The van der Waals surface area contributed by atoms with E-state index in [1.165, 1.54) is 0 Å². The maximum atomic E-state index is 13.8. The fourth-order valence-electron chi connectivity index (χ4n) is 2.81. The molecule has 2 unspecified atom stereocenters. The number of halogens is 1. The van der Waals surface area contributed by atoms with Gasteiger partial charge in [0.1, 0.15) is 5.82 Å². The highest BCUT2D eigenvalue weighted by Crippen LogP contribution is 2.30. The van der Waals surface area contributed by atoms with Gasteiger partial charge in [0.25, 0.3) is 0 Å². The molecule has 1 fully saturated rings. The molecule has 3 nitrogen and oxygen atoms in total. The number of methoxy groups -OCH3 is 1. The topological polar surface area (TPSA) is 38.5 Å². The van der Waals surface area contributed by atoms with Crippen molar-refractivity contribution in [1.29, 1.82) is 0 Å².